The minimum atomic E-state index is -1.02. The molecule has 2 N–H and O–H groups in total. The highest BCUT2D eigenvalue weighted by Crippen LogP contribution is 2.32. The number of carbonyl (C=O) groups excluding carboxylic acids is 3. The van der Waals surface area contributed by atoms with Crippen molar-refractivity contribution in [3.63, 3.8) is 0 Å². The molecule has 1 aliphatic rings. The van der Waals surface area contributed by atoms with Gasteiger partial charge in [0, 0.05) is 11.7 Å². The number of furan rings is 2. The first-order valence-corrected chi connectivity index (χ1v) is 11.5. The van der Waals surface area contributed by atoms with Gasteiger partial charge in [-0.15, -0.1) is 0 Å². The van der Waals surface area contributed by atoms with Crippen molar-refractivity contribution < 1.29 is 23.2 Å². The zero-order valence-electron chi connectivity index (χ0n) is 19.4. The molecule has 3 amide bonds. The van der Waals surface area contributed by atoms with Gasteiger partial charge in [0.1, 0.15) is 11.5 Å². The summed E-state index contributed by atoms with van der Waals surface area (Å²) >= 11 is 0. The number of nitrogens with one attached hydrogen (secondary N) is 2. The molecule has 2 aromatic heterocycles. The first kappa shape index (κ1) is 23.4. The summed E-state index contributed by atoms with van der Waals surface area (Å²) in [6, 6.07) is 13.0. The molecule has 1 atom stereocenters. The van der Waals surface area contributed by atoms with Gasteiger partial charge >= 0.3 is 0 Å². The van der Waals surface area contributed by atoms with E-state index >= 15 is 0 Å². The minimum Gasteiger partial charge on any atom is -0.464 e. The third-order valence-electron chi connectivity index (χ3n) is 6.03. The number of carbonyl (C=O) groups is 3. The molecule has 178 valence electrons. The average Bonchev–Trinajstić information content (AvgIpc) is 3.59. The van der Waals surface area contributed by atoms with Crippen LogP contribution in [0, 0.1) is 13.8 Å². The van der Waals surface area contributed by atoms with Gasteiger partial charge in [-0.25, -0.2) is 0 Å². The van der Waals surface area contributed by atoms with Crippen LogP contribution in [0.5, 0.6) is 0 Å². The molecule has 0 aliphatic heterocycles. The maximum absolute atomic E-state index is 13.6. The molecule has 34 heavy (non-hydrogen) atoms. The Labute approximate surface area is 198 Å². The Bertz CT molecular complexity index is 1140. The number of hydrogen-bond acceptors (Lipinski definition) is 5. The molecule has 4 rings (SSSR count). The molecule has 1 aromatic carbocycles. The van der Waals surface area contributed by atoms with E-state index in [2.05, 4.69) is 10.6 Å². The van der Waals surface area contributed by atoms with Crippen LogP contribution in [0.3, 0.4) is 0 Å². The Morgan fingerprint density at radius 1 is 1.03 bits per heavy atom. The predicted octanol–water partition coefficient (Wildman–Crippen LogP) is 4.05. The molecular weight excluding hydrogens is 434 g/mol. The highest BCUT2D eigenvalue weighted by Gasteiger charge is 2.37. The zero-order chi connectivity index (χ0) is 24.1. The maximum atomic E-state index is 13.6. The van der Waals surface area contributed by atoms with Gasteiger partial charge in [0.2, 0.25) is 5.91 Å². The monoisotopic (exact) mass is 463 g/mol. The van der Waals surface area contributed by atoms with Gasteiger partial charge in [-0.2, -0.15) is 0 Å². The molecule has 8 heteroatoms. The van der Waals surface area contributed by atoms with Gasteiger partial charge in [-0.3, -0.25) is 19.3 Å². The van der Waals surface area contributed by atoms with E-state index in [0.717, 1.165) is 31.2 Å². The molecule has 1 saturated carbocycles. The number of benzene rings is 1. The average molecular weight is 464 g/mol. The standard InChI is InChI=1S/C26H29N3O5/c1-17-8-3-6-11-20(17)29(23(30)16-27-25(31)22-12-7-15-33-22)24(21-14-13-18(2)34-21)26(32)28-19-9-4-5-10-19/h3,6-8,11-15,19,24H,4-5,9-10,16H2,1-2H3,(H,27,31)(H,28,32). The van der Waals surface area contributed by atoms with Crippen molar-refractivity contribution in [2.45, 2.75) is 51.6 Å². The second kappa shape index (κ2) is 10.4. The lowest BCUT2D eigenvalue weighted by Gasteiger charge is -2.32. The third-order valence-corrected chi connectivity index (χ3v) is 6.03. The number of hydrogen-bond donors (Lipinski definition) is 2. The van der Waals surface area contributed by atoms with Crippen molar-refractivity contribution in [1.82, 2.24) is 10.6 Å². The van der Waals surface area contributed by atoms with Gasteiger partial charge < -0.3 is 19.5 Å². The number of para-hydroxylation sites is 1. The van der Waals surface area contributed by atoms with E-state index in [1.54, 1.807) is 31.2 Å². The van der Waals surface area contributed by atoms with E-state index in [1.165, 1.54) is 17.2 Å². The van der Waals surface area contributed by atoms with Crippen molar-refractivity contribution in [1.29, 1.82) is 0 Å². The topological polar surface area (TPSA) is 105 Å². The van der Waals surface area contributed by atoms with Gasteiger partial charge in [0.15, 0.2) is 11.8 Å². The van der Waals surface area contributed by atoms with Gasteiger partial charge in [0.05, 0.1) is 12.8 Å². The highest BCUT2D eigenvalue weighted by atomic mass is 16.3. The molecular formula is C26H29N3O5. The van der Waals surface area contributed by atoms with Crippen LogP contribution in [0.25, 0.3) is 0 Å². The third kappa shape index (κ3) is 5.22. The molecule has 0 spiro atoms. The van der Waals surface area contributed by atoms with E-state index in [9.17, 15) is 14.4 Å². The number of aryl methyl sites for hydroxylation is 2. The Balaban J connectivity index is 1.67. The van der Waals surface area contributed by atoms with Crippen molar-refractivity contribution in [3.05, 3.63) is 77.6 Å². The van der Waals surface area contributed by atoms with E-state index in [0.29, 0.717) is 17.2 Å². The van der Waals surface area contributed by atoms with Crippen molar-refractivity contribution in [2.75, 3.05) is 11.4 Å². The van der Waals surface area contributed by atoms with E-state index in [-0.39, 0.29) is 24.3 Å². The first-order valence-electron chi connectivity index (χ1n) is 11.5. The summed E-state index contributed by atoms with van der Waals surface area (Å²) in [5.74, 6) is -0.166. The summed E-state index contributed by atoms with van der Waals surface area (Å²) in [4.78, 5) is 41.0. The Morgan fingerprint density at radius 2 is 1.79 bits per heavy atom. The summed E-state index contributed by atoms with van der Waals surface area (Å²) < 4.78 is 11.0. The zero-order valence-corrected chi connectivity index (χ0v) is 19.4. The Hall–Kier alpha value is -3.81. The fourth-order valence-corrected chi connectivity index (χ4v) is 4.31. The Kier molecular flexibility index (Phi) is 7.15. The predicted molar refractivity (Wildman–Crippen MR) is 126 cm³/mol. The maximum Gasteiger partial charge on any atom is 0.287 e. The van der Waals surface area contributed by atoms with Crippen molar-refractivity contribution >= 4 is 23.4 Å². The summed E-state index contributed by atoms with van der Waals surface area (Å²) in [7, 11) is 0. The van der Waals surface area contributed by atoms with Crippen LogP contribution in [0.4, 0.5) is 5.69 Å². The van der Waals surface area contributed by atoms with Crippen LogP contribution in [-0.4, -0.2) is 30.3 Å². The fourth-order valence-electron chi connectivity index (χ4n) is 4.31. The molecule has 8 nitrogen and oxygen atoms in total. The smallest absolute Gasteiger partial charge is 0.287 e. The number of amides is 3. The lowest BCUT2D eigenvalue weighted by molar-refractivity contribution is -0.127. The summed E-state index contributed by atoms with van der Waals surface area (Å²) in [5.41, 5.74) is 1.38. The number of nitrogens with zero attached hydrogens (tertiary/aromatic N) is 1. The van der Waals surface area contributed by atoms with Crippen molar-refractivity contribution in [3.8, 4) is 0 Å². The quantitative estimate of drug-likeness (QED) is 0.524. The second-order valence-electron chi connectivity index (χ2n) is 8.55. The molecule has 0 saturated heterocycles. The van der Waals surface area contributed by atoms with Crippen molar-refractivity contribution in [2.24, 2.45) is 0 Å². The summed E-state index contributed by atoms with van der Waals surface area (Å²) in [5, 5.41) is 5.70. The molecule has 1 fully saturated rings. The first-order chi connectivity index (χ1) is 16.4. The Morgan fingerprint density at radius 3 is 2.44 bits per heavy atom. The van der Waals surface area contributed by atoms with Crippen LogP contribution in [0.1, 0.15) is 59.4 Å². The highest BCUT2D eigenvalue weighted by molar-refractivity contribution is 6.04. The van der Waals surface area contributed by atoms with Crippen LogP contribution >= 0.6 is 0 Å². The van der Waals surface area contributed by atoms with Gasteiger partial charge in [-0.1, -0.05) is 31.0 Å². The van der Waals surface area contributed by atoms with Crippen LogP contribution < -0.4 is 15.5 Å². The molecule has 3 aromatic rings. The molecule has 0 bridgehead atoms. The summed E-state index contributed by atoms with van der Waals surface area (Å²) in [6.07, 6.45) is 5.34. The van der Waals surface area contributed by atoms with Gasteiger partial charge in [-0.05, 0) is 62.6 Å². The van der Waals surface area contributed by atoms with E-state index in [4.69, 9.17) is 8.83 Å². The molecule has 2 heterocycles. The lowest BCUT2D eigenvalue weighted by Crippen LogP contribution is -2.49. The van der Waals surface area contributed by atoms with Gasteiger partial charge in [0.25, 0.3) is 11.8 Å². The van der Waals surface area contributed by atoms with E-state index < -0.39 is 17.9 Å². The lowest BCUT2D eigenvalue weighted by atomic mass is 10.1. The molecule has 1 aliphatic carbocycles. The molecule has 1 unspecified atom stereocenters. The summed E-state index contributed by atoms with van der Waals surface area (Å²) in [6.45, 7) is 3.34. The molecule has 0 radical (unpaired) electrons. The van der Waals surface area contributed by atoms with Crippen LogP contribution in [-0.2, 0) is 9.59 Å². The largest absolute Gasteiger partial charge is 0.464 e. The number of anilines is 1. The second-order valence-corrected chi connectivity index (χ2v) is 8.55. The minimum absolute atomic E-state index is 0.0681. The van der Waals surface area contributed by atoms with Crippen LogP contribution in [0.15, 0.2) is 63.6 Å². The number of rotatable bonds is 8. The van der Waals surface area contributed by atoms with Crippen LogP contribution in [0.2, 0.25) is 0 Å². The van der Waals surface area contributed by atoms with E-state index in [1.807, 2.05) is 25.1 Å². The fraction of sp³-hybridized carbons (Fsp3) is 0.346. The normalized spacial score (nSPS) is 14.5. The SMILES string of the molecule is Cc1ccc(C(C(=O)NC2CCCC2)N(C(=O)CNC(=O)c2ccco2)c2ccccc2C)o1.